The Kier molecular flexibility index (Phi) is 3.15. The van der Waals surface area contributed by atoms with Gasteiger partial charge in [0.2, 0.25) is 0 Å². The lowest BCUT2D eigenvalue weighted by Gasteiger charge is -2.32. The van der Waals surface area contributed by atoms with Gasteiger partial charge in [-0.25, -0.2) is 4.98 Å². The summed E-state index contributed by atoms with van der Waals surface area (Å²) in [6.45, 7) is 3.72. The van der Waals surface area contributed by atoms with Gasteiger partial charge in [0, 0.05) is 10.9 Å². The summed E-state index contributed by atoms with van der Waals surface area (Å²) in [4.78, 5) is 27.5. The van der Waals surface area contributed by atoms with Crippen molar-refractivity contribution in [2.24, 2.45) is 5.92 Å². The monoisotopic (exact) mass is 254 g/mol. The molecular formula is C11H14N2O3S. The molecule has 0 atom stereocenters. The fourth-order valence-corrected chi connectivity index (χ4v) is 2.75. The molecule has 1 aromatic heterocycles. The van der Waals surface area contributed by atoms with Crippen LogP contribution in [0.3, 0.4) is 0 Å². The first kappa shape index (κ1) is 12.0. The minimum atomic E-state index is -0.781. The highest BCUT2D eigenvalue weighted by molar-refractivity contribution is 7.11. The van der Waals surface area contributed by atoms with Crippen LogP contribution in [0.4, 0.5) is 0 Å². The molecule has 1 aliphatic carbocycles. The number of nitrogens with zero attached hydrogens (tertiary/aromatic N) is 1. The number of hydrogen-bond donors (Lipinski definition) is 2. The Morgan fingerprint density at radius 1 is 1.41 bits per heavy atom. The van der Waals surface area contributed by atoms with E-state index < -0.39 is 5.97 Å². The van der Waals surface area contributed by atoms with Crippen LogP contribution in [-0.4, -0.2) is 28.0 Å². The molecule has 1 amide bonds. The Labute approximate surface area is 103 Å². The van der Waals surface area contributed by atoms with E-state index in [9.17, 15) is 9.59 Å². The van der Waals surface area contributed by atoms with Gasteiger partial charge in [0.15, 0.2) is 0 Å². The number of carboxylic acid groups (broad SMARTS) is 1. The number of carbonyl (C=O) groups excluding carboxylic acids is 1. The molecule has 5 nitrogen and oxygen atoms in total. The molecule has 2 N–H and O–H groups in total. The highest BCUT2D eigenvalue weighted by Crippen LogP contribution is 2.28. The van der Waals surface area contributed by atoms with Crippen molar-refractivity contribution in [3.63, 3.8) is 0 Å². The molecule has 1 aliphatic rings. The van der Waals surface area contributed by atoms with Crippen molar-refractivity contribution < 1.29 is 14.7 Å². The van der Waals surface area contributed by atoms with Crippen LogP contribution in [0.15, 0.2) is 0 Å². The first-order valence-electron chi connectivity index (χ1n) is 5.45. The van der Waals surface area contributed by atoms with Gasteiger partial charge < -0.3 is 10.4 Å². The van der Waals surface area contributed by atoms with E-state index in [0.717, 1.165) is 9.88 Å². The molecule has 0 aromatic carbocycles. The van der Waals surface area contributed by atoms with Crippen molar-refractivity contribution in [1.29, 1.82) is 0 Å². The number of carboxylic acids is 1. The van der Waals surface area contributed by atoms with Gasteiger partial charge in [-0.15, -0.1) is 11.3 Å². The minimum Gasteiger partial charge on any atom is -0.481 e. The van der Waals surface area contributed by atoms with Gasteiger partial charge in [0.25, 0.3) is 5.91 Å². The van der Waals surface area contributed by atoms with Gasteiger partial charge in [-0.05, 0) is 26.7 Å². The van der Waals surface area contributed by atoms with E-state index in [0.29, 0.717) is 18.5 Å². The number of aromatic nitrogens is 1. The van der Waals surface area contributed by atoms with Gasteiger partial charge in [-0.3, -0.25) is 9.59 Å². The fourth-order valence-electron chi connectivity index (χ4n) is 1.93. The minimum absolute atomic E-state index is 0.0231. The zero-order valence-electron chi connectivity index (χ0n) is 9.69. The molecule has 0 unspecified atom stereocenters. The zero-order valence-corrected chi connectivity index (χ0v) is 10.5. The molecule has 1 fully saturated rings. The third-order valence-corrected chi connectivity index (χ3v) is 3.83. The first-order valence-corrected chi connectivity index (χ1v) is 6.26. The smallest absolute Gasteiger partial charge is 0.306 e. The standard InChI is InChI=1S/C11H14N2O3S/c1-5-9(12-6(2)17-5)10(14)13-8-3-7(4-8)11(15)16/h7-8H,3-4H2,1-2H3,(H,13,14)(H,15,16). The third-order valence-electron chi connectivity index (χ3n) is 2.94. The van der Waals surface area contributed by atoms with Crippen LogP contribution in [0.25, 0.3) is 0 Å². The van der Waals surface area contributed by atoms with Gasteiger partial charge in [0.05, 0.1) is 10.9 Å². The van der Waals surface area contributed by atoms with E-state index in [-0.39, 0.29) is 17.9 Å². The number of amides is 1. The van der Waals surface area contributed by atoms with Crippen molar-refractivity contribution in [2.45, 2.75) is 32.7 Å². The highest BCUT2D eigenvalue weighted by atomic mass is 32.1. The summed E-state index contributed by atoms with van der Waals surface area (Å²) < 4.78 is 0. The summed E-state index contributed by atoms with van der Waals surface area (Å²) in [6, 6.07) is -0.0231. The molecule has 0 saturated heterocycles. The van der Waals surface area contributed by atoms with E-state index >= 15 is 0 Å². The molecular weight excluding hydrogens is 240 g/mol. The maximum absolute atomic E-state index is 11.8. The molecule has 1 aromatic rings. The van der Waals surface area contributed by atoms with E-state index in [1.165, 1.54) is 11.3 Å². The summed E-state index contributed by atoms with van der Waals surface area (Å²) in [5.41, 5.74) is 0.464. The second-order valence-corrected chi connectivity index (χ2v) is 5.72. The second kappa shape index (κ2) is 4.44. The SMILES string of the molecule is Cc1nc(C(=O)NC2CC(C(=O)O)C2)c(C)s1. The van der Waals surface area contributed by atoms with Gasteiger partial charge in [0.1, 0.15) is 5.69 Å². The lowest BCUT2D eigenvalue weighted by Crippen LogP contribution is -2.46. The predicted octanol–water partition coefficient (Wildman–Crippen LogP) is 1.35. The number of aliphatic carboxylic acids is 1. The van der Waals surface area contributed by atoms with Crippen LogP contribution < -0.4 is 5.32 Å². The molecule has 2 rings (SSSR count). The van der Waals surface area contributed by atoms with Crippen molar-refractivity contribution in [3.8, 4) is 0 Å². The fraction of sp³-hybridized carbons (Fsp3) is 0.545. The number of rotatable bonds is 3. The van der Waals surface area contributed by atoms with Crippen LogP contribution in [0.2, 0.25) is 0 Å². The molecule has 6 heteroatoms. The van der Waals surface area contributed by atoms with E-state index in [4.69, 9.17) is 5.11 Å². The second-order valence-electron chi connectivity index (χ2n) is 4.31. The van der Waals surface area contributed by atoms with E-state index in [1.54, 1.807) is 0 Å². The van der Waals surface area contributed by atoms with Crippen molar-refractivity contribution in [1.82, 2.24) is 10.3 Å². The number of nitrogens with one attached hydrogen (secondary N) is 1. The lowest BCUT2D eigenvalue weighted by molar-refractivity contribution is -0.145. The molecule has 0 bridgehead atoms. The normalized spacial score (nSPS) is 22.9. The molecule has 1 heterocycles. The summed E-state index contributed by atoms with van der Waals surface area (Å²) in [5, 5.41) is 12.4. The van der Waals surface area contributed by atoms with Crippen LogP contribution >= 0.6 is 11.3 Å². The van der Waals surface area contributed by atoms with Crippen molar-refractivity contribution >= 4 is 23.2 Å². The van der Waals surface area contributed by atoms with Gasteiger partial charge >= 0.3 is 5.97 Å². The summed E-state index contributed by atoms with van der Waals surface area (Å²) >= 11 is 1.49. The van der Waals surface area contributed by atoms with Gasteiger partial charge in [-0.1, -0.05) is 0 Å². The van der Waals surface area contributed by atoms with E-state index in [2.05, 4.69) is 10.3 Å². The number of carbonyl (C=O) groups is 2. The largest absolute Gasteiger partial charge is 0.481 e. The summed E-state index contributed by atoms with van der Waals surface area (Å²) in [6.07, 6.45) is 1.03. The van der Waals surface area contributed by atoms with Gasteiger partial charge in [-0.2, -0.15) is 0 Å². The maximum Gasteiger partial charge on any atom is 0.306 e. The van der Waals surface area contributed by atoms with Crippen LogP contribution in [0.1, 0.15) is 33.2 Å². The highest BCUT2D eigenvalue weighted by Gasteiger charge is 2.35. The number of aryl methyl sites for hydroxylation is 2. The van der Waals surface area contributed by atoms with Crippen LogP contribution in [0, 0.1) is 19.8 Å². The Bertz CT molecular complexity index is 463. The Hall–Kier alpha value is -1.43. The molecule has 0 radical (unpaired) electrons. The maximum atomic E-state index is 11.8. The summed E-state index contributed by atoms with van der Waals surface area (Å²) in [5.74, 6) is -1.28. The Balaban J connectivity index is 1.91. The average Bonchev–Trinajstić information content (AvgIpc) is 2.49. The molecule has 92 valence electrons. The molecule has 17 heavy (non-hydrogen) atoms. The molecule has 0 spiro atoms. The molecule has 0 aliphatic heterocycles. The quantitative estimate of drug-likeness (QED) is 0.853. The van der Waals surface area contributed by atoms with Crippen LogP contribution in [0.5, 0.6) is 0 Å². The molecule has 1 saturated carbocycles. The summed E-state index contributed by atoms with van der Waals surface area (Å²) in [7, 11) is 0. The topological polar surface area (TPSA) is 79.3 Å². The first-order chi connectivity index (χ1) is 7.97. The number of hydrogen-bond acceptors (Lipinski definition) is 4. The predicted molar refractivity (Wildman–Crippen MR) is 63.2 cm³/mol. The third kappa shape index (κ3) is 2.46. The lowest BCUT2D eigenvalue weighted by atomic mass is 9.80. The number of thiazole rings is 1. The zero-order chi connectivity index (χ0) is 12.6. The Morgan fingerprint density at radius 3 is 2.53 bits per heavy atom. The van der Waals surface area contributed by atoms with Crippen molar-refractivity contribution in [3.05, 3.63) is 15.6 Å². The van der Waals surface area contributed by atoms with E-state index in [1.807, 2.05) is 13.8 Å². The average molecular weight is 254 g/mol. The van der Waals surface area contributed by atoms with Crippen molar-refractivity contribution in [2.75, 3.05) is 0 Å². The van der Waals surface area contributed by atoms with Crippen LogP contribution in [-0.2, 0) is 4.79 Å². The Morgan fingerprint density at radius 2 is 2.06 bits per heavy atom.